The number of aryl methyl sites for hydroxylation is 1. The van der Waals surface area contributed by atoms with Gasteiger partial charge >= 0.3 is 11.9 Å². The van der Waals surface area contributed by atoms with Crippen LogP contribution in [0.3, 0.4) is 0 Å². The number of methoxy groups -OCH3 is 2. The summed E-state index contributed by atoms with van der Waals surface area (Å²) < 4.78 is 9.53. The molecule has 4 rings (SSSR count). The van der Waals surface area contributed by atoms with Crippen molar-refractivity contribution < 1.29 is 23.9 Å². The van der Waals surface area contributed by atoms with Gasteiger partial charge in [0.2, 0.25) is 0 Å². The van der Waals surface area contributed by atoms with Gasteiger partial charge in [0.1, 0.15) is 0 Å². The smallest absolute Gasteiger partial charge is 0.337 e. The van der Waals surface area contributed by atoms with Crippen LogP contribution in [0.15, 0.2) is 60.7 Å². The van der Waals surface area contributed by atoms with E-state index in [0.717, 1.165) is 9.75 Å². The number of aromatic nitrogens is 1. The Balaban J connectivity index is 1.78. The van der Waals surface area contributed by atoms with E-state index in [4.69, 9.17) is 14.5 Å². The highest BCUT2D eigenvalue weighted by Gasteiger charge is 2.18. The summed E-state index contributed by atoms with van der Waals surface area (Å²) in [7, 11) is 2.48. The molecule has 0 bridgehead atoms. The molecule has 2 aromatic heterocycles. The number of thiophene rings is 1. The van der Waals surface area contributed by atoms with E-state index in [1.54, 1.807) is 17.4 Å². The fraction of sp³-hybridized carbons (Fsp3) is 0.120. The van der Waals surface area contributed by atoms with Crippen LogP contribution in [0.4, 0.5) is 5.69 Å². The Labute approximate surface area is 194 Å². The van der Waals surface area contributed by atoms with E-state index in [0.29, 0.717) is 22.2 Å². The monoisotopic (exact) mass is 460 g/mol. The Kier molecular flexibility index (Phi) is 6.19. The van der Waals surface area contributed by atoms with Crippen LogP contribution in [0, 0.1) is 6.92 Å². The number of pyridine rings is 1. The van der Waals surface area contributed by atoms with Gasteiger partial charge in [0.15, 0.2) is 0 Å². The van der Waals surface area contributed by atoms with Gasteiger partial charge in [0.05, 0.1) is 47.0 Å². The van der Waals surface area contributed by atoms with Crippen molar-refractivity contribution in [3.8, 4) is 10.6 Å². The maximum absolute atomic E-state index is 13.4. The SMILES string of the molecule is COC(=O)c1cc(NC(=O)c2cc(-c3ccc(C)s3)nc3ccccc23)cc(C(=O)OC)c1. The topological polar surface area (TPSA) is 94.6 Å². The third kappa shape index (κ3) is 4.61. The van der Waals surface area contributed by atoms with Crippen LogP contribution in [0.25, 0.3) is 21.5 Å². The molecule has 0 atom stereocenters. The molecule has 0 unspecified atom stereocenters. The molecule has 7 nitrogen and oxygen atoms in total. The maximum Gasteiger partial charge on any atom is 0.337 e. The lowest BCUT2D eigenvalue weighted by Gasteiger charge is -2.12. The molecule has 0 radical (unpaired) electrons. The standard InChI is InChI=1S/C25H20N2O5S/c1-14-8-9-22(33-14)21-13-19(18-6-4-5-7-20(18)27-21)23(28)26-17-11-15(24(29)31-2)10-16(12-17)25(30)32-3/h4-13H,1-3H3,(H,26,28). The Bertz CT molecular complexity index is 1360. The summed E-state index contributed by atoms with van der Waals surface area (Å²) in [5, 5.41) is 3.48. The van der Waals surface area contributed by atoms with Crippen LogP contribution < -0.4 is 5.32 Å². The summed E-state index contributed by atoms with van der Waals surface area (Å²) in [5.41, 5.74) is 2.29. The first-order valence-corrected chi connectivity index (χ1v) is 10.8. The molecule has 33 heavy (non-hydrogen) atoms. The highest BCUT2D eigenvalue weighted by atomic mass is 32.1. The summed E-state index contributed by atoms with van der Waals surface area (Å²) in [6.07, 6.45) is 0. The molecule has 0 aliphatic heterocycles. The minimum atomic E-state index is -0.638. The van der Waals surface area contributed by atoms with E-state index >= 15 is 0 Å². The zero-order valence-corrected chi connectivity index (χ0v) is 19.0. The van der Waals surface area contributed by atoms with Crippen molar-refractivity contribution in [2.75, 3.05) is 19.5 Å². The summed E-state index contributed by atoms with van der Waals surface area (Å²) in [6.45, 7) is 2.01. The van der Waals surface area contributed by atoms with Crippen molar-refractivity contribution >= 4 is 45.8 Å². The lowest BCUT2D eigenvalue weighted by molar-refractivity contribution is 0.0599. The number of hydrogen-bond acceptors (Lipinski definition) is 7. The second-order valence-corrected chi connectivity index (χ2v) is 8.51. The van der Waals surface area contributed by atoms with E-state index in [9.17, 15) is 14.4 Å². The number of nitrogens with one attached hydrogen (secondary N) is 1. The third-order valence-corrected chi connectivity index (χ3v) is 6.01. The fourth-order valence-corrected chi connectivity index (χ4v) is 4.26. The van der Waals surface area contributed by atoms with Gasteiger partial charge in [-0.05, 0) is 49.4 Å². The number of ether oxygens (including phenoxy) is 2. The molecule has 0 saturated heterocycles. The molecule has 1 amide bonds. The van der Waals surface area contributed by atoms with Crippen molar-refractivity contribution in [3.05, 3.63) is 82.2 Å². The Morgan fingerprint density at radius 1 is 0.879 bits per heavy atom. The van der Waals surface area contributed by atoms with Crippen molar-refractivity contribution in [2.24, 2.45) is 0 Å². The number of fused-ring (bicyclic) bond motifs is 1. The molecule has 2 aromatic carbocycles. The summed E-state index contributed by atoms with van der Waals surface area (Å²) in [6, 6.07) is 17.3. The van der Waals surface area contributed by atoms with Gasteiger partial charge in [0, 0.05) is 16.0 Å². The molecule has 0 aliphatic rings. The van der Waals surface area contributed by atoms with Gasteiger partial charge in [-0.2, -0.15) is 0 Å². The molecule has 8 heteroatoms. The van der Waals surface area contributed by atoms with Crippen LogP contribution >= 0.6 is 11.3 Å². The van der Waals surface area contributed by atoms with Crippen LogP contribution in [0.5, 0.6) is 0 Å². The van der Waals surface area contributed by atoms with Crippen LogP contribution in [-0.4, -0.2) is 37.0 Å². The quantitative estimate of drug-likeness (QED) is 0.417. The first kappa shape index (κ1) is 22.2. The summed E-state index contributed by atoms with van der Waals surface area (Å²) in [4.78, 5) is 44.3. The molecule has 0 saturated carbocycles. The Morgan fingerprint density at radius 3 is 2.15 bits per heavy atom. The number of benzene rings is 2. The number of esters is 2. The maximum atomic E-state index is 13.4. The second kappa shape index (κ2) is 9.22. The van der Waals surface area contributed by atoms with E-state index in [1.165, 1.54) is 32.4 Å². The van der Waals surface area contributed by atoms with Gasteiger partial charge in [-0.3, -0.25) is 4.79 Å². The molecule has 0 aliphatic carbocycles. The molecular formula is C25H20N2O5S. The average molecular weight is 461 g/mol. The van der Waals surface area contributed by atoms with E-state index in [1.807, 2.05) is 43.3 Å². The van der Waals surface area contributed by atoms with E-state index in [2.05, 4.69) is 5.32 Å². The normalized spacial score (nSPS) is 10.6. The lowest BCUT2D eigenvalue weighted by Crippen LogP contribution is -2.15. The number of carbonyl (C=O) groups excluding carboxylic acids is 3. The zero-order valence-electron chi connectivity index (χ0n) is 18.2. The molecule has 4 aromatic rings. The zero-order chi connectivity index (χ0) is 23.5. The Hall–Kier alpha value is -4.04. The highest BCUT2D eigenvalue weighted by Crippen LogP contribution is 2.30. The minimum Gasteiger partial charge on any atom is -0.465 e. The van der Waals surface area contributed by atoms with Crippen molar-refractivity contribution in [2.45, 2.75) is 6.92 Å². The molecule has 0 spiro atoms. The molecule has 0 fully saturated rings. The number of amides is 1. The highest BCUT2D eigenvalue weighted by molar-refractivity contribution is 7.15. The Morgan fingerprint density at radius 2 is 1.55 bits per heavy atom. The van der Waals surface area contributed by atoms with Gasteiger partial charge < -0.3 is 14.8 Å². The molecule has 166 valence electrons. The number of hydrogen-bond donors (Lipinski definition) is 1. The number of anilines is 1. The first-order chi connectivity index (χ1) is 15.9. The molecule has 2 heterocycles. The number of nitrogens with zero attached hydrogens (tertiary/aromatic N) is 1. The van der Waals surface area contributed by atoms with Crippen molar-refractivity contribution in [1.29, 1.82) is 0 Å². The van der Waals surface area contributed by atoms with Gasteiger partial charge in [-0.15, -0.1) is 11.3 Å². The van der Waals surface area contributed by atoms with Crippen LogP contribution in [-0.2, 0) is 9.47 Å². The minimum absolute atomic E-state index is 0.116. The molecular weight excluding hydrogens is 440 g/mol. The van der Waals surface area contributed by atoms with Crippen LogP contribution in [0.2, 0.25) is 0 Å². The fourth-order valence-electron chi connectivity index (χ4n) is 3.43. The third-order valence-electron chi connectivity index (χ3n) is 4.99. The lowest BCUT2D eigenvalue weighted by atomic mass is 10.1. The first-order valence-electron chi connectivity index (χ1n) is 9.99. The summed E-state index contributed by atoms with van der Waals surface area (Å²) >= 11 is 1.59. The number of carbonyl (C=O) groups is 3. The van der Waals surface area contributed by atoms with Crippen molar-refractivity contribution in [1.82, 2.24) is 4.98 Å². The number of para-hydroxylation sites is 1. The summed E-state index contributed by atoms with van der Waals surface area (Å²) in [5.74, 6) is -1.68. The van der Waals surface area contributed by atoms with Crippen molar-refractivity contribution in [3.63, 3.8) is 0 Å². The predicted molar refractivity (Wildman–Crippen MR) is 127 cm³/mol. The predicted octanol–water partition coefficient (Wildman–Crippen LogP) is 5.10. The van der Waals surface area contributed by atoms with E-state index in [-0.39, 0.29) is 16.8 Å². The van der Waals surface area contributed by atoms with Crippen LogP contribution in [0.1, 0.15) is 36.0 Å². The number of rotatable bonds is 5. The largest absolute Gasteiger partial charge is 0.465 e. The second-order valence-electron chi connectivity index (χ2n) is 7.22. The van der Waals surface area contributed by atoms with Gasteiger partial charge in [-0.1, -0.05) is 18.2 Å². The van der Waals surface area contributed by atoms with E-state index < -0.39 is 17.8 Å². The average Bonchev–Trinajstić information content (AvgIpc) is 3.28. The van der Waals surface area contributed by atoms with Gasteiger partial charge in [0.25, 0.3) is 5.91 Å². The molecule has 1 N–H and O–H groups in total. The van der Waals surface area contributed by atoms with Gasteiger partial charge in [-0.25, -0.2) is 14.6 Å².